The maximum absolute atomic E-state index is 12.6. The Morgan fingerprint density at radius 1 is 0.688 bits per heavy atom. The molecule has 32 heavy (non-hydrogen) atoms. The number of allylic oxidation sites excluding steroid dienone is 2. The average molecular weight is 577 g/mol. The highest BCUT2D eigenvalue weighted by atomic mass is 32.2. The van der Waals surface area contributed by atoms with E-state index in [1.54, 1.807) is 84.4 Å². The predicted molar refractivity (Wildman–Crippen MR) is 150 cm³/mol. The average Bonchev–Trinajstić information content (AvgIpc) is 3.57. The Morgan fingerprint density at radius 2 is 1.06 bits per heavy atom. The summed E-state index contributed by atoms with van der Waals surface area (Å²) in [4.78, 5) is 28.2. The fraction of sp³-hybridized carbons (Fsp3) is 0.200. The fourth-order valence-electron chi connectivity index (χ4n) is 2.44. The summed E-state index contributed by atoms with van der Waals surface area (Å²) in [5.41, 5.74) is 0. The van der Waals surface area contributed by atoms with E-state index in [1.165, 1.54) is 23.5 Å². The largest absolute Gasteiger partial charge is 0.462 e. The van der Waals surface area contributed by atoms with E-state index in [9.17, 15) is 9.59 Å². The molecule has 0 aliphatic carbocycles. The van der Waals surface area contributed by atoms with Crippen molar-refractivity contribution in [2.45, 2.75) is 13.8 Å². The van der Waals surface area contributed by atoms with Crippen LogP contribution >= 0.6 is 94.1 Å². The van der Waals surface area contributed by atoms with Crippen molar-refractivity contribution in [3.8, 4) is 0 Å². The molecule has 4 rings (SSSR count). The third-order valence-corrected chi connectivity index (χ3v) is 13.3. The summed E-state index contributed by atoms with van der Waals surface area (Å²) < 4.78 is 14.8. The Labute approximate surface area is 220 Å². The molecule has 0 fully saturated rings. The van der Waals surface area contributed by atoms with Crippen LogP contribution in [-0.2, 0) is 19.1 Å². The molecule has 4 aliphatic heterocycles. The summed E-state index contributed by atoms with van der Waals surface area (Å²) in [6.45, 7) is 4.27. The van der Waals surface area contributed by atoms with Gasteiger partial charge in [0.2, 0.25) is 0 Å². The highest BCUT2D eigenvalue weighted by Crippen LogP contribution is 2.61. The van der Waals surface area contributed by atoms with E-state index in [2.05, 4.69) is 0 Å². The third-order valence-electron chi connectivity index (χ3n) is 3.68. The van der Waals surface area contributed by atoms with Gasteiger partial charge in [-0.05, 0) is 47.6 Å². The molecule has 0 aromatic rings. The van der Waals surface area contributed by atoms with Gasteiger partial charge < -0.3 is 9.47 Å². The molecule has 0 saturated carbocycles. The highest BCUT2D eigenvalue weighted by molar-refractivity contribution is 8.35. The molecular formula is C20H16O4S8. The van der Waals surface area contributed by atoms with Crippen LogP contribution in [0.3, 0.4) is 0 Å². The molecule has 0 N–H and O–H groups in total. The number of thioether (sulfide) groups is 8. The minimum atomic E-state index is -0.313. The van der Waals surface area contributed by atoms with Crippen LogP contribution in [0, 0.1) is 0 Å². The summed E-state index contributed by atoms with van der Waals surface area (Å²) in [6, 6.07) is 0. The van der Waals surface area contributed by atoms with Gasteiger partial charge in [0.1, 0.15) is 9.81 Å². The zero-order chi connectivity index (χ0) is 22.5. The molecule has 4 heterocycles. The minimum absolute atomic E-state index is 0.313. The lowest BCUT2D eigenvalue weighted by atomic mass is 10.4. The van der Waals surface area contributed by atoms with Gasteiger partial charge in [-0.3, -0.25) is 0 Å². The van der Waals surface area contributed by atoms with Gasteiger partial charge in [0.25, 0.3) is 0 Å². The van der Waals surface area contributed by atoms with E-state index in [1.807, 2.05) is 33.8 Å². The van der Waals surface area contributed by atoms with Crippen molar-refractivity contribution in [3.63, 3.8) is 0 Å². The number of rotatable bonds is 6. The summed E-state index contributed by atoms with van der Waals surface area (Å²) in [7, 11) is 0. The second kappa shape index (κ2) is 12.1. The van der Waals surface area contributed by atoms with Crippen molar-refractivity contribution in [3.05, 3.63) is 70.4 Å². The van der Waals surface area contributed by atoms with Crippen LogP contribution in [-0.4, -0.2) is 25.2 Å². The number of esters is 2. The molecule has 0 radical (unpaired) electrons. The third kappa shape index (κ3) is 6.12. The maximum Gasteiger partial charge on any atom is 0.346 e. The van der Waals surface area contributed by atoms with E-state index in [4.69, 9.17) is 9.47 Å². The predicted octanol–water partition coefficient (Wildman–Crippen LogP) is 8.21. The zero-order valence-corrected chi connectivity index (χ0v) is 23.3. The van der Waals surface area contributed by atoms with Crippen molar-refractivity contribution in [1.29, 1.82) is 0 Å². The SMILES string of the molecule is CCOC(=O)C1=C(C=C2SC=CS2)S/C(=C2\SC(C=C3SC=CS3)=C(C(=O)OCC)S2)S1. The maximum atomic E-state index is 12.6. The summed E-state index contributed by atoms with van der Waals surface area (Å²) >= 11 is 12.5. The van der Waals surface area contributed by atoms with Crippen molar-refractivity contribution in [2.24, 2.45) is 0 Å². The molecule has 0 atom stereocenters. The Kier molecular flexibility index (Phi) is 9.43. The smallest absolute Gasteiger partial charge is 0.346 e. The monoisotopic (exact) mass is 576 g/mol. The minimum Gasteiger partial charge on any atom is -0.462 e. The Balaban J connectivity index is 1.61. The molecule has 4 nitrogen and oxygen atoms in total. The molecule has 168 valence electrons. The van der Waals surface area contributed by atoms with Crippen molar-refractivity contribution in [2.75, 3.05) is 13.2 Å². The highest BCUT2D eigenvalue weighted by Gasteiger charge is 2.34. The van der Waals surface area contributed by atoms with Gasteiger partial charge in [0, 0.05) is 18.3 Å². The van der Waals surface area contributed by atoms with Gasteiger partial charge in [-0.2, -0.15) is 0 Å². The lowest BCUT2D eigenvalue weighted by Gasteiger charge is -2.03. The van der Waals surface area contributed by atoms with Gasteiger partial charge in [-0.25, -0.2) is 9.59 Å². The number of hydrogen-bond donors (Lipinski definition) is 0. The summed E-state index contributed by atoms with van der Waals surface area (Å²) in [5, 5.41) is 8.11. The normalized spacial score (nSPS) is 22.4. The van der Waals surface area contributed by atoms with E-state index in [0.717, 1.165) is 26.8 Å². The van der Waals surface area contributed by atoms with Crippen molar-refractivity contribution < 1.29 is 19.1 Å². The van der Waals surface area contributed by atoms with E-state index in [-0.39, 0.29) is 11.9 Å². The topological polar surface area (TPSA) is 52.6 Å². The van der Waals surface area contributed by atoms with Gasteiger partial charge >= 0.3 is 11.9 Å². The Hall–Kier alpha value is -0.0800. The molecule has 0 amide bonds. The molecule has 12 heteroatoms. The van der Waals surface area contributed by atoms with E-state index >= 15 is 0 Å². The Morgan fingerprint density at radius 3 is 1.41 bits per heavy atom. The van der Waals surface area contributed by atoms with E-state index < -0.39 is 0 Å². The number of carbonyl (C=O) groups is 2. The number of ether oxygens (including phenoxy) is 2. The van der Waals surface area contributed by atoms with Gasteiger partial charge in [0.05, 0.1) is 21.7 Å². The van der Waals surface area contributed by atoms with Crippen LogP contribution in [0.15, 0.2) is 70.4 Å². The molecule has 0 aromatic carbocycles. The Bertz CT molecular complexity index is 946. The zero-order valence-electron chi connectivity index (χ0n) is 16.8. The van der Waals surface area contributed by atoms with Crippen LogP contribution < -0.4 is 0 Å². The molecule has 0 aromatic heterocycles. The summed E-state index contributed by atoms with van der Waals surface area (Å²) in [6.07, 6.45) is 4.08. The number of carbonyl (C=O) groups excluding carboxylic acids is 2. The van der Waals surface area contributed by atoms with Gasteiger partial charge in [-0.1, -0.05) is 94.1 Å². The van der Waals surface area contributed by atoms with Crippen LogP contribution in [0.5, 0.6) is 0 Å². The molecule has 0 spiro atoms. The van der Waals surface area contributed by atoms with E-state index in [0.29, 0.717) is 23.0 Å². The first-order valence-electron chi connectivity index (χ1n) is 9.27. The van der Waals surface area contributed by atoms with Gasteiger partial charge in [0.15, 0.2) is 0 Å². The fourth-order valence-corrected chi connectivity index (χ4v) is 11.3. The van der Waals surface area contributed by atoms with Crippen LogP contribution in [0.1, 0.15) is 13.8 Å². The standard InChI is InChI=1S/C20H16O4S8/c1-3-23-17(21)15-11(9-13-25-5-6-26-13)29-19(31-15)20-30-12(10-14-27-7-8-28-14)16(32-20)18(22)24-4-2/h5-10H,3-4H2,1-2H3/b20-19-. The molecule has 0 unspecified atom stereocenters. The van der Waals surface area contributed by atoms with Crippen molar-refractivity contribution in [1.82, 2.24) is 0 Å². The quantitative estimate of drug-likeness (QED) is 0.286. The summed E-state index contributed by atoms with van der Waals surface area (Å²) in [5.74, 6) is -0.626. The second-order valence-electron chi connectivity index (χ2n) is 5.75. The molecule has 0 saturated heterocycles. The molecule has 4 aliphatic rings. The van der Waals surface area contributed by atoms with Crippen LogP contribution in [0.25, 0.3) is 0 Å². The first-order chi connectivity index (χ1) is 15.6. The first kappa shape index (κ1) is 25.0. The lowest BCUT2D eigenvalue weighted by molar-refractivity contribution is -0.138. The lowest BCUT2D eigenvalue weighted by Crippen LogP contribution is -2.05. The van der Waals surface area contributed by atoms with Crippen LogP contribution in [0.4, 0.5) is 0 Å². The second-order valence-corrected chi connectivity index (χ2v) is 14.7. The first-order valence-corrected chi connectivity index (χ1v) is 16.1. The number of hydrogen-bond acceptors (Lipinski definition) is 12. The van der Waals surface area contributed by atoms with Crippen LogP contribution in [0.2, 0.25) is 0 Å². The molecular weight excluding hydrogens is 561 g/mol. The molecule has 0 bridgehead atoms. The van der Waals surface area contributed by atoms with Gasteiger partial charge in [-0.15, -0.1) is 0 Å². The van der Waals surface area contributed by atoms with Crippen molar-refractivity contribution >= 4 is 106 Å².